The lowest BCUT2D eigenvalue weighted by Crippen LogP contribution is -2.45. The van der Waals surface area contributed by atoms with E-state index in [1.165, 1.54) is 16.4 Å². The highest BCUT2D eigenvalue weighted by Crippen LogP contribution is 2.30. The van der Waals surface area contributed by atoms with Crippen LogP contribution in [0.2, 0.25) is 5.02 Å². The van der Waals surface area contributed by atoms with Crippen LogP contribution in [0.25, 0.3) is 0 Å². The highest BCUT2D eigenvalue weighted by molar-refractivity contribution is 7.88. The predicted molar refractivity (Wildman–Crippen MR) is 84.9 cm³/mol. The average Bonchev–Trinajstić information content (AvgIpc) is 2.77. The molecule has 1 aromatic carbocycles. The van der Waals surface area contributed by atoms with Crippen molar-refractivity contribution in [1.82, 2.24) is 9.21 Å². The van der Waals surface area contributed by atoms with E-state index < -0.39 is 15.8 Å². The van der Waals surface area contributed by atoms with Crippen molar-refractivity contribution < 1.29 is 17.6 Å². The summed E-state index contributed by atoms with van der Waals surface area (Å²) in [5.41, 5.74) is 0.239. The molecule has 3 aliphatic rings. The fourth-order valence-corrected chi connectivity index (χ4v) is 5.17. The number of fused-ring (bicyclic) bond motifs is 4. The van der Waals surface area contributed by atoms with E-state index in [4.69, 9.17) is 11.6 Å². The van der Waals surface area contributed by atoms with Gasteiger partial charge in [0.15, 0.2) is 0 Å². The third-order valence-electron chi connectivity index (χ3n) is 4.67. The second kappa shape index (κ2) is 6.03. The smallest absolute Gasteiger partial charge is 0.227 e. The number of piperidine rings is 1. The molecule has 0 aromatic heterocycles. The van der Waals surface area contributed by atoms with E-state index >= 15 is 0 Å². The molecule has 3 heterocycles. The molecule has 0 radical (unpaired) electrons. The van der Waals surface area contributed by atoms with Gasteiger partial charge in [-0.3, -0.25) is 4.79 Å². The summed E-state index contributed by atoms with van der Waals surface area (Å²) < 4.78 is 40.1. The van der Waals surface area contributed by atoms with Crippen LogP contribution in [-0.2, 0) is 20.6 Å². The van der Waals surface area contributed by atoms with Crippen molar-refractivity contribution in [2.24, 2.45) is 5.92 Å². The molecule has 1 aromatic rings. The fourth-order valence-electron chi connectivity index (χ4n) is 3.29. The Balaban J connectivity index is 1.85. The van der Waals surface area contributed by atoms with Gasteiger partial charge >= 0.3 is 0 Å². The number of rotatable bonds is 3. The number of hydrogen-bond acceptors (Lipinski definition) is 3. The van der Waals surface area contributed by atoms with Crippen LogP contribution >= 0.6 is 11.6 Å². The zero-order chi connectivity index (χ0) is 16.8. The third kappa shape index (κ3) is 3.22. The predicted octanol–water partition coefficient (Wildman–Crippen LogP) is 1.86. The number of likely N-dealkylation sites (N-methyl/N-ethyl adjacent to an activating group) is 1. The van der Waals surface area contributed by atoms with Gasteiger partial charge in [-0.1, -0.05) is 11.6 Å². The molecule has 0 N–H and O–H groups in total. The molecule has 3 saturated heterocycles. The number of amides is 1. The van der Waals surface area contributed by atoms with E-state index in [2.05, 4.69) is 0 Å². The maximum Gasteiger partial charge on any atom is 0.227 e. The maximum absolute atomic E-state index is 13.3. The molecule has 0 aliphatic carbocycles. The van der Waals surface area contributed by atoms with E-state index in [1.807, 2.05) is 0 Å². The normalized spacial score (nSPS) is 25.7. The molecule has 0 spiro atoms. The van der Waals surface area contributed by atoms with Crippen LogP contribution in [0.3, 0.4) is 0 Å². The first-order chi connectivity index (χ1) is 10.8. The largest absolute Gasteiger partial charge is 0.341 e. The molecule has 2 bridgehead atoms. The van der Waals surface area contributed by atoms with Crippen LogP contribution in [0.5, 0.6) is 0 Å². The molecular formula is C15H18ClFN2O3S. The zero-order valence-electron chi connectivity index (χ0n) is 12.7. The summed E-state index contributed by atoms with van der Waals surface area (Å²) in [4.78, 5) is 13.8. The van der Waals surface area contributed by atoms with Crippen molar-refractivity contribution >= 4 is 27.5 Å². The van der Waals surface area contributed by atoms with Crippen molar-refractivity contribution in [1.29, 1.82) is 0 Å². The Hall–Kier alpha value is -1.18. The van der Waals surface area contributed by atoms with Crippen LogP contribution in [0.4, 0.5) is 4.39 Å². The molecule has 3 fully saturated rings. The van der Waals surface area contributed by atoms with Gasteiger partial charge < -0.3 is 4.90 Å². The van der Waals surface area contributed by atoms with Crippen molar-refractivity contribution in [3.8, 4) is 0 Å². The minimum atomic E-state index is -3.67. The van der Waals surface area contributed by atoms with Gasteiger partial charge in [-0.2, -0.15) is 4.31 Å². The maximum atomic E-state index is 13.3. The quantitative estimate of drug-likeness (QED) is 0.826. The number of hydrogen-bond donors (Lipinski definition) is 0. The van der Waals surface area contributed by atoms with Crippen molar-refractivity contribution in [2.75, 3.05) is 20.1 Å². The van der Waals surface area contributed by atoms with Crippen LogP contribution < -0.4 is 0 Å². The van der Waals surface area contributed by atoms with Gasteiger partial charge in [0.25, 0.3) is 0 Å². The fraction of sp³-hybridized carbons (Fsp3) is 0.533. The Morgan fingerprint density at radius 2 is 2.04 bits per heavy atom. The molecule has 3 aliphatic heterocycles. The summed E-state index contributed by atoms with van der Waals surface area (Å²) in [7, 11) is -1.95. The standard InChI is InChI=1S/C15H18ClFN2O3S/c1-18-13-4-2-10(15(18)20)7-19(8-13)23(21,22)9-11-6-12(17)3-5-14(11)16/h3,5-6,10,13H,2,4,7-9H2,1H3/t10-,13+/m1/s1. The second-order valence-corrected chi connectivity index (χ2v) is 8.56. The summed E-state index contributed by atoms with van der Waals surface area (Å²) >= 11 is 5.98. The Morgan fingerprint density at radius 3 is 2.78 bits per heavy atom. The van der Waals surface area contributed by atoms with E-state index in [0.29, 0.717) is 6.42 Å². The molecule has 5 nitrogen and oxygen atoms in total. The van der Waals surface area contributed by atoms with E-state index in [9.17, 15) is 17.6 Å². The number of nitrogens with zero attached hydrogens (tertiary/aromatic N) is 2. The van der Waals surface area contributed by atoms with Gasteiger partial charge in [0.05, 0.1) is 11.7 Å². The molecule has 0 unspecified atom stereocenters. The Labute approximate surface area is 140 Å². The van der Waals surface area contributed by atoms with Gasteiger partial charge in [0.2, 0.25) is 15.9 Å². The summed E-state index contributed by atoms with van der Waals surface area (Å²) in [6.07, 6.45) is 1.51. The number of sulfonamides is 1. The highest BCUT2D eigenvalue weighted by atomic mass is 35.5. The Bertz CT molecular complexity index is 740. The molecule has 0 saturated carbocycles. The van der Waals surface area contributed by atoms with Crippen LogP contribution in [0, 0.1) is 11.7 Å². The molecule has 8 heteroatoms. The van der Waals surface area contributed by atoms with Crippen LogP contribution in [0.15, 0.2) is 18.2 Å². The SMILES string of the molecule is CN1C(=O)[C@@H]2CC[C@H]1CN(S(=O)(=O)Cc1cc(F)ccc1Cl)C2. The third-order valence-corrected chi connectivity index (χ3v) is 6.80. The van der Waals surface area contributed by atoms with E-state index in [0.717, 1.165) is 12.5 Å². The van der Waals surface area contributed by atoms with Crippen molar-refractivity contribution in [2.45, 2.75) is 24.6 Å². The van der Waals surface area contributed by atoms with Gasteiger partial charge in [0.1, 0.15) is 5.82 Å². The number of benzene rings is 1. The summed E-state index contributed by atoms with van der Waals surface area (Å²) in [6, 6.07) is 3.59. The molecule has 23 heavy (non-hydrogen) atoms. The van der Waals surface area contributed by atoms with E-state index in [1.54, 1.807) is 11.9 Å². The van der Waals surface area contributed by atoms with Gasteiger partial charge in [-0.15, -0.1) is 0 Å². The first-order valence-electron chi connectivity index (χ1n) is 7.46. The van der Waals surface area contributed by atoms with Crippen molar-refractivity contribution in [3.63, 3.8) is 0 Å². The molecular weight excluding hydrogens is 343 g/mol. The van der Waals surface area contributed by atoms with Gasteiger partial charge in [0, 0.05) is 31.2 Å². The number of carbonyl (C=O) groups is 1. The molecule has 126 valence electrons. The topological polar surface area (TPSA) is 57.7 Å². The van der Waals surface area contributed by atoms with Crippen LogP contribution in [0.1, 0.15) is 18.4 Å². The summed E-state index contributed by atoms with van der Waals surface area (Å²) in [6.45, 7) is 0.475. The molecule has 2 atom stereocenters. The first kappa shape index (κ1) is 16.7. The van der Waals surface area contributed by atoms with Gasteiger partial charge in [-0.25, -0.2) is 12.8 Å². The monoisotopic (exact) mass is 360 g/mol. The first-order valence-corrected chi connectivity index (χ1v) is 9.45. The van der Waals surface area contributed by atoms with Crippen molar-refractivity contribution in [3.05, 3.63) is 34.6 Å². The highest BCUT2D eigenvalue weighted by Gasteiger charge is 2.42. The molecule has 1 amide bonds. The number of halogens is 2. The lowest BCUT2D eigenvalue weighted by atomic mass is 9.95. The lowest BCUT2D eigenvalue weighted by molar-refractivity contribution is -0.138. The Kier molecular flexibility index (Phi) is 4.37. The average molecular weight is 361 g/mol. The van der Waals surface area contributed by atoms with Crippen LogP contribution in [-0.4, -0.2) is 49.7 Å². The number of carbonyl (C=O) groups excluding carboxylic acids is 1. The minimum Gasteiger partial charge on any atom is -0.341 e. The van der Waals surface area contributed by atoms with Gasteiger partial charge in [-0.05, 0) is 36.6 Å². The summed E-state index contributed by atoms with van der Waals surface area (Å²) in [5, 5.41) is 0.223. The Morgan fingerprint density at radius 1 is 1.30 bits per heavy atom. The minimum absolute atomic E-state index is 0.00254. The molecule has 4 rings (SSSR count). The second-order valence-electron chi connectivity index (χ2n) is 6.19. The summed E-state index contributed by atoms with van der Waals surface area (Å²) in [5.74, 6) is -1.18. The lowest BCUT2D eigenvalue weighted by Gasteiger charge is -2.32. The van der Waals surface area contributed by atoms with E-state index in [-0.39, 0.29) is 47.3 Å². The zero-order valence-corrected chi connectivity index (χ0v) is 14.3.